The molecule has 4 rings (SSSR count). The molecule has 7 nitrogen and oxygen atoms in total. The molecular formula is C22H30N4O3S. The van der Waals surface area contributed by atoms with Crippen LogP contribution in [0.4, 0.5) is 10.8 Å². The third-order valence-electron chi connectivity index (χ3n) is 5.72. The van der Waals surface area contributed by atoms with E-state index >= 15 is 0 Å². The van der Waals surface area contributed by atoms with Crippen LogP contribution < -0.4 is 10.2 Å². The lowest BCUT2D eigenvalue weighted by Gasteiger charge is -2.35. The second-order valence-corrected chi connectivity index (χ2v) is 10.1. The Morgan fingerprint density at radius 2 is 1.83 bits per heavy atom. The molecule has 1 N–H and O–H groups in total. The minimum absolute atomic E-state index is 0.0372. The number of benzene rings is 1. The Kier molecular flexibility index (Phi) is 5.97. The smallest absolute Gasteiger partial charge is 0.227 e. The third kappa shape index (κ3) is 4.59. The van der Waals surface area contributed by atoms with Crippen LogP contribution in [0, 0.1) is 11.3 Å². The maximum atomic E-state index is 12.8. The third-order valence-corrected chi connectivity index (χ3v) is 6.80. The minimum atomic E-state index is -0.376. The average Bonchev–Trinajstić information content (AvgIpc) is 3.17. The first-order valence-electron chi connectivity index (χ1n) is 10.6. The number of anilines is 2. The van der Waals surface area contributed by atoms with Crippen molar-refractivity contribution in [3.05, 3.63) is 18.2 Å². The number of rotatable bonds is 3. The number of carbonyl (C=O) groups is 2. The molecule has 1 aromatic carbocycles. The number of thiazole rings is 1. The van der Waals surface area contributed by atoms with Crippen LogP contribution in [0.15, 0.2) is 18.2 Å². The molecule has 0 unspecified atom stereocenters. The van der Waals surface area contributed by atoms with Gasteiger partial charge in [0.05, 0.1) is 23.4 Å². The molecule has 0 spiro atoms. The second-order valence-electron chi connectivity index (χ2n) is 9.08. The number of likely N-dealkylation sites (tertiary alicyclic amines) is 1. The van der Waals surface area contributed by atoms with E-state index in [1.165, 1.54) is 0 Å². The Morgan fingerprint density at radius 1 is 1.13 bits per heavy atom. The largest absolute Gasteiger partial charge is 0.378 e. The van der Waals surface area contributed by atoms with Crippen molar-refractivity contribution in [1.29, 1.82) is 0 Å². The molecule has 2 fully saturated rings. The van der Waals surface area contributed by atoms with Crippen LogP contribution in [-0.2, 0) is 14.3 Å². The highest BCUT2D eigenvalue weighted by molar-refractivity contribution is 7.22. The van der Waals surface area contributed by atoms with Gasteiger partial charge >= 0.3 is 0 Å². The van der Waals surface area contributed by atoms with E-state index in [9.17, 15) is 9.59 Å². The fraction of sp³-hybridized carbons (Fsp3) is 0.591. The predicted molar refractivity (Wildman–Crippen MR) is 120 cm³/mol. The summed E-state index contributed by atoms with van der Waals surface area (Å²) in [5.41, 5.74) is 1.38. The van der Waals surface area contributed by atoms with Gasteiger partial charge in [0.25, 0.3) is 0 Å². The lowest BCUT2D eigenvalue weighted by molar-refractivity contribution is -0.142. The summed E-state index contributed by atoms with van der Waals surface area (Å²) in [7, 11) is 0. The molecular weight excluding hydrogens is 400 g/mol. The summed E-state index contributed by atoms with van der Waals surface area (Å²) >= 11 is 1.65. The molecule has 0 saturated carbocycles. The standard InChI is InChI=1S/C22H30N4O3S/c1-22(2,3)20(28)25-8-6-15(7-9-25)19(27)23-16-4-5-17-18(14-16)30-21(24-17)26-10-12-29-13-11-26/h4-5,14-15H,6-13H2,1-3H3,(H,23,27). The van der Waals surface area contributed by atoms with Crippen LogP contribution in [0.2, 0.25) is 0 Å². The molecule has 2 amide bonds. The Bertz CT molecular complexity index is 922. The molecule has 2 aliphatic rings. The Hall–Kier alpha value is -2.19. The zero-order valence-corrected chi connectivity index (χ0v) is 18.8. The van der Waals surface area contributed by atoms with Crippen molar-refractivity contribution in [2.75, 3.05) is 49.6 Å². The quantitative estimate of drug-likeness (QED) is 0.808. The lowest BCUT2D eigenvalue weighted by Crippen LogP contribution is -2.45. The number of morpholine rings is 1. The highest BCUT2D eigenvalue weighted by Gasteiger charge is 2.32. The van der Waals surface area contributed by atoms with Crippen LogP contribution in [0.1, 0.15) is 33.6 Å². The van der Waals surface area contributed by atoms with Crippen molar-refractivity contribution in [1.82, 2.24) is 9.88 Å². The molecule has 30 heavy (non-hydrogen) atoms. The first-order valence-corrected chi connectivity index (χ1v) is 11.5. The average molecular weight is 431 g/mol. The highest BCUT2D eigenvalue weighted by Crippen LogP contribution is 2.32. The van der Waals surface area contributed by atoms with E-state index in [1.807, 2.05) is 43.9 Å². The molecule has 0 aliphatic carbocycles. The van der Waals surface area contributed by atoms with Gasteiger partial charge in [0.2, 0.25) is 11.8 Å². The number of hydrogen-bond donors (Lipinski definition) is 1. The summed E-state index contributed by atoms with van der Waals surface area (Å²) in [4.78, 5) is 34.1. The normalized spacial score (nSPS) is 18.6. The first kappa shape index (κ1) is 21.1. The van der Waals surface area contributed by atoms with E-state index in [4.69, 9.17) is 9.72 Å². The van der Waals surface area contributed by atoms with Crippen molar-refractivity contribution in [3.63, 3.8) is 0 Å². The molecule has 2 aromatic rings. The first-order chi connectivity index (χ1) is 14.3. The lowest BCUT2D eigenvalue weighted by atomic mass is 9.90. The van der Waals surface area contributed by atoms with Crippen molar-refractivity contribution in [2.24, 2.45) is 11.3 Å². The van der Waals surface area contributed by atoms with Crippen molar-refractivity contribution in [2.45, 2.75) is 33.6 Å². The number of piperidine rings is 1. The van der Waals surface area contributed by atoms with Crippen LogP contribution >= 0.6 is 11.3 Å². The summed E-state index contributed by atoms with van der Waals surface area (Å²) < 4.78 is 6.49. The number of fused-ring (bicyclic) bond motifs is 1. The summed E-state index contributed by atoms with van der Waals surface area (Å²) in [5.74, 6) is 0.137. The predicted octanol–water partition coefficient (Wildman–Crippen LogP) is 3.36. The number of nitrogens with one attached hydrogen (secondary N) is 1. The highest BCUT2D eigenvalue weighted by atomic mass is 32.1. The summed E-state index contributed by atoms with van der Waals surface area (Å²) in [5, 5.41) is 4.08. The van der Waals surface area contributed by atoms with Crippen molar-refractivity contribution >= 4 is 44.2 Å². The number of carbonyl (C=O) groups excluding carboxylic acids is 2. The molecule has 3 heterocycles. The molecule has 2 saturated heterocycles. The SMILES string of the molecule is CC(C)(C)C(=O)N1CCC(C(=O)Nc2ccc3nc(N4CCOCC4)sc3c2)CC1. The Labute approximate surface area is 181 Å². The van der Waals surface area contributed by atoms with E-state index in [2.05, 4.69) is 10.2 Å². The Balaban J connectivity index is 1.37. The molecule has 0 radical (unpaired) electrons. The van der Waals surface area contributed by atoms with Gasteiger partial charge in [0.1, 0.15) is 0 Å². The zero-order valence-electron chi connectivity index (χ0n) is 17.9. The van der Waals surface area contributed by atoms with Crippen LogP contribution in [0.25, 0.3) is 10.2 Å². The maximum absolute atomic E-state index is 12.8. The van der Waals surface area contributed by atoms with Gasteiger partial charge in [0.15, 0.2) is 5.13 Å². The van der Waals surface area contributed by atoms with Gasteiger partial charge in [0, 0.05) is 43.2 Å². The van der Waals surface area contributed by atoms with E-state index in [-0.39, 0.29) is 23.1 Å². The molecule has 2 aliphatic heterocycles. The van der Waals surface area contributed by atoms with Gasteiger partial charge in [-0.1, -0.05) is 32.1 Å². The van der Waals surface area contributed by atoms with Gasteiger partial charge in [-0.25, -0.2) is 4.98 Å². The van der Waals surface area contributed by atoms with Crippen LogP contribution in [0.5, 0.6) is 0 Å². The topological polar surface area (TPSA) is 74.8 Å². The van der Waals surface area contributed by atoms with Crippen LogP contribution in [-0.4, -0.2) is 61.1 Å². The summed E-state index contributed by atoms with van der Waals surface area (Å²) in [6.07, 6.45) is 1.41. The molecule has 0 atom stereocenters. The van der Waals surface area contributed by atoms with Crippen molar-refractivity contribution < 1.29 is 14.3 Å². The van der Waals surface area contributed by atoms with E-state index in [1.54, 1.807) is 11.3 Å². The van der Waals surface area contributed by atoms with E-state index < -0.39 is 0 Å². The Morgan fingerprint density at radius 3 is 2.50 bits per heavy atom. The number of aromatic nitrogens is 1. The molecule has 162 valence electrons. The van der Waals surface area contributed by atoms with Gasteiger partial charge in [-0.3, -0.25) is 9.59 Å². The summed E-state index contributed by atoms with van der Waals surface area (Å²) in [6.45, 7) is 10.3. The number of nitrogens with zero attached hydrogens (tertiary/aromatic N) is 3. The van der Waals surface area contributed by atoms with Gasteiger partial charge in [-0.05, 0) is 31.0 Å². The number of amides is 2. The van der Waals surface area contributed by atoms with Gasteiger partial charge in [-0.15, -0.1) is 0 Å². The molecule has 1 aromatic heterocycles. The number of hydrogen-bond acceptors (Lipinski definition) is 6. The molecule has 0 bridgehead atoms. The van der Waals surface area contributed by atoms with Crippen molar-refractivity contribution in [3.8, 4) is 0 Å². The number of ether oxygens (including phenoxy) is 1. The second kappa shape index (κ2) is 8.51. The molecule has 8 heteroatoms. The van der Waals surface area contributed by atoms with E-state index in [0.717, 1.165) is 47.3 Å². The van der Waals surface area contributed by atoms with Gasteiger partial charge < -0.3 is 19.9 Å². The fourth-order valence-corrected chi connectivity index (χ4v) is 5.00. The summed E-state index contributed by atoms with van der Waals surface area (Å²) in [6, 6.07) is 5.89. The monoisotopic (exact) mass is 430 g/mol. The van der Waals surface area contributed by atoms with Crippen LogP contribution in [0.3, 0.4) is 0 Å². The fourth-order valence-electron chi connectivity index (χ4n) is 3.94. The van der Waals surface area contributed by atoms with E-state index in [0.29, 0.717) is 25.9 Å². The minimum Gasteiger partial charge on any atom is -0.378 e. The van der Waals surface area contributed by atoms with Gasteiger partial charge in [-0.2, -0.15) is 0 Å². The maximum Gasteiger partial charge on any atom is 0.227 e. The zero-order chi connectivity index (χ0) is 21.3.